The second-order valence-corrected chi connectivity index (χ2v) is 8.79. The average Bonchev–Trinajstić information content (AvgIpc) is 3.51. The third kappa shape index (κ3) is 3.44. The molecule has 0 atom stereocenters. The molecule has 0 N–H and O–H groups in total. The lowest BCUT2D eigenvalue weighted by molar-refractivity contribution is -0.143. The van der Waals surface area contributed by atoms with Crippen LogP contribution in [0.4, 0.5) is 0 Å². The maximum atomic E-state index is 13.2. The van der Waals surface area contributed by atoms with Gasteiger partial charge in [0.05, 0.1) is 0 Å². The van der Waals surface area contributed by atoms with Crippen molar-refractivity contribution in [1.82, 2.24) is 9.80 Å². The Balaban J connectivity index is 1.39. The molecule has 3 heterocycles. The van der Waals surface area contributed by atoms with E-state index < -0.39 is 0 Å². The fourth-order valence-corrected chi connectivity index (χ4v) is 4.84. The van der Waals surface area contributed by atoms with Gasteiger partial charge in [0.15, 0.2) is 5.76 Å². The first-order valence-electron chi connectivity index (χ1n) is 10.7. The lowest BCUT2D eigenvalue weighted by atomic mass is 9.84. The second kappa shape index (κ2) is 7.17. The minimum Gasteiger partial charge on any atom is -0.451 e. The molecule has 2 aromatic rings. The van der Waals surface area contributed by atoms with Crippen molar-refractivity contribution < 1.29 is 18.7 Å². The van der Waals surface area contributed by atoms with Crippen LogP contribution in [0.3, 0.4) is 0 Å². The summed E-state index contributed by atoms with van der Waals surface area (Å²) in [6, 6.07) is 7.78. The number of hydrogen-bond donors (Lipinski definition) is 0. The van der Waals surface area contributed by atoms with Crippen LogP contribution in [-0.2, 0) is 9.53 Å². The number of furan rings is 1. The van der Waals surface area contributed by atoms with E-state index in [1.807, 2.05) is 36.1 Å². The largest absolute Gasteiger partial charge is 0.451 e. The quantitative estimate of drug-likeness (QED) is 0.781. The summed E-state index contributed by atoms with van der Waals surface area (Å²) in [5.74, 6) is 0.770. The molecule has 3 fully saturated rings. The highest BCUT2D eigenvalue weighted by Gasteiger charge is 2.46. The summed E-state index contributed by atoms with van der Waals surface area (Å²) in [4.78, 5) is 30.2. The highest BCUT2D eigenvalue weighted by molar-refractivity contribution is 5.96. The van der Waals surface area contributed by atoms with E-state index >= 15 is 0 Å². The predicted octanol–water partition coefficient (Wildman–Crippen LogP) is 3.37. The van der Waals surface area contributed by atoms with Gasteiger partial charge in [-0.25, -0.2) is 0 Å². The molecular weight excluding hydrogens is 368 g/mol. The van der Waals surface area contributed by atoms with Gasteiger partial charge in [-0.3, -0.25) is 9.59 Å². The van der Waals surface area contributed by atoms with Crippen LogP contribution >= 0.6 is 0 Å². The van der Waals surface area contributed by atoms with E-state index in [1.165, 1.54) is 0 Å². The standard InChI is InChI=1S/C23H28N2O4/c1-16-2-5-19-18(14-16)15-20(29-19)22(27)24-9-6-23(7-12-28-13-8-23)25(11-10-24)21(26)17-3-4-17/h2,5,14-15,17H,3-4,6-13H2,1H3. The number of aryl methyl sites for hydroxylation is 1. The van der Waals surface area contributed by atoms with Crippen molar-refractivity contribution in [2.24, 2.45) is 5.92 Å². The van der Waals surface area contributed by atoms with Crippen LogP contribution in [-0.4, -0.2) is 60.0 Å². The van der Waals surface area contributed by atoms with Crippen LogP contribution in [0.2, 0.25) is 0 Å². The van der Waals surface area contributed by atoms with Crippen molar-refractivity contribution in [3.8, 4) is 0 Å². The SMILES string of the molecule is Cc1ccc2oc(C(=O)N3CCN(C(=O)C4CC4)C4(CCOCC4)CC3)cc2c1. The van der Waals surface area contributed by atoms with Crippen molar-refractivity contribution in [3.05, 3.63) is 35.6 Å². The monoisotopic (exact) mass is 396 g/mol. The fraction of sp³-hybridized carbons (Fsp3) is 0.565. The molecule has 5 rings (SSSR count). The summed E-state index contributed by atoms with van der Waals surface area (Å²) in [5, 5.41) is 0.953. The number of carbonyl (C=O) groups is 2. The Morgan fingerprint density at radius 1 is 1.03 bits per heavy atom. The molecule has 1 saturated carbocycles. The number of fused-ring (bicyclic) bond motifs is 1. The molecular formula is C23H28N2O4. The maximum Gasteiger partial charge on any atom is 0.289 e. The lowest BCUT2D eigenvalue weighted by Gasteiger charge is -2.45. The number of amides is 2. The molecule has 2 saturated heterocycles. The van der Waals surface area contributed by atoms with Gasteiger partial charge in [-0.15, -0.1) is 0 Å². The first kappa shape index (κ1) is 18.7. The molecule has 2 amide bonds. The lowest BCUT2D eigenvalue weighted by Crippen LogP contribution is -2.55. The third-order valence-corrected chi connectivity index (χ3v) is 6.80. The van der Waals surface area contributed by atoms with Crippen LogP contribution in [0.5, 0.6) is 0 Å². The van der Waals surface area contributed by atoms with Gasteiger partial charge in [0, 0.05) is 49.7 Å². The molecule has 0 bridgehead atoms. The second-order valence-electron chi connectivity index (χ2n) is 8.79. The van der Waals surface area contributed by atoms with Gasteiger partial charge >= 0.3 is 0 Å². The van der Waals surface area contributed by atoms with Gasteiger partial charge in [0.2, 0.25) is 5.91 Å². The minimum atomic E-state index is -0.169. The molecule has 6 heteroatoms. The number of hydrogen-bond acceptors (Lipinski definition) is 4. The summed E-state index contributed by atoms with van der Waals surface area (Å²) < 4.78 is 11.4. The summed E-state index contributed by atoms with van der Waals surface area (Å²) in [6.07, 6.45) is 4.53. The van der Waals surface area contributed by atoms with Crippen molar-refractivity contribution in [2.45, 2.75) is 44.6 Å². The van der Waals surface area contributed by atoms with E-state index in [2.05, 4.69) is 4.90 Å². The minimum absolute atomic E-state index is 0.0817. The molecule has 1 aromatic heterocycles. The van der Waals surface area contributed by atoms with Crippen LogP contribution in [0.1, 0.15) is 48.2 Å². The molecule has 6 nitrogen and oxygen atoms in total. The van der Waals surface area contributed by atoms with Crippen LogP contribution < -0.4 is 0 Å². The fourth-order valence-electron chi connectivity index (χ4n) is 4.84. The molecule has 0 radical (unpaired) electrons. The number of ether oxygens (including phenoxy) is 1. The molecule has 29 heavy (non-hydrogen) atoms. The number of carbonyl (C=O) groups excluding carboxylic acids is 2. The summed E-state index contributed by atoms with van der Waals surface area (Å²) in [7, 11) is 0. The highest BCUT2D eigenvalue weighted by atomic mass is 16.5. The van der Waals surface area contributed by atoms with Crippen molar-refractivity contribution in [1.29, 1.82) is 0 Å². The van der Waals surface area contributed by atoms with Gasteiger partial charge < -0.3 is 19.0 Å². The Hall–Kier alpha value is -2.34. The normalized spacial score (nSPS) is 22.1. The first-order valence-corrected chi connectivity index (χ1v) is 10.7. The van der Waals surface area contributed by atoms with E-state index in [0.29, 0.717) is 38.6 Å². The van der Waals surface area contributed by atoms with Crippen molar-refractivity contribution >= 4 is 22.8 Å². The highest BCUT2D eigenvalue weighted by Crippen LogP contribution is 2.39. The van der Waals surface area contributed by atoms with E-state index in [0.717, 1.165) is 48.6 Å². The Bertz CT molecular complexity index is 940. The Labute approximate surface area is 170 Å². The van der Waals surface area contributed by atoms with E-state index in [9.17, 15) is 9.59 Å². The van der Waals surface area contributed by atoms with Crippen LogP contribution in [0.25, 0.3) is 11.0 Å². The number of nitrogens with zero attached hydrogens (tertiary/aromatic N) is 2. The zero-order valence-electron chi connectivity index (χ0n) is 17.0. The molecule has 2 aliphatic heterocycles. The van der Waals surface area contributed by atoms with Gasteiger partial charge in [-0.1, -0.05) is 11.6 Å². The first-order chi connectivity index (χ1) is 14.1. The molecule has 0 unspecified atom stereocenters. The summed E-state index contributed by atoms with van der Waals surface area (Å²) >= 11 is 0. The van der Waals surface area contributed by atoms with Crippen molar-refractivity contribution in [3.63, 3.8) is 0 Å². The van der Waals surface area contributed by atoms with E-state index in [4.69, 9.17) is 9.15 Å². The van der Waals surface area contributed by atoms with Crippen LogP contribution in [0, 0.1) is 12.8 Å². The van der Waals surface area contributed by atoms with Gasteiger partial charge in [0.1, 0.15) is 5.58 Å². The zero-order chi connectivity index (χ0) is 20.0. The molecule has 154 valence electrons. The van der Waals surface area contributed by atoms with E-state index in [-0.39, 0.29) is 23.3 Å². The zero-order valence-corrected chi connectivity index (χ0v) is 17.0. The Morgan fingerprint density at radius 3 is 2.59 bits per heavy atom. The Morgan fingerprint density at radius 2 is 1.83 bits per heavy atom. The summed E-state index contributed by atoms with van der Waals surface area (Å²) in [5.41, 5.74) is 1.71. The Kier molecular flexibility index (Phi) is 4.62. The predicted molar refractivity (Wildman–Crippen MR) is 109 cm³/mol. The number of benzene rings is 1. The molecule has 1 aromatic carbocycles. The number of rotatable bonds is 2. The van der Waals surface area contributed by atoms with Gasteiger partial charge in [-0.05, 0) is 57.2 Å². The van der Waals surface area contributed by atoms with Crippen molar-refractivity contribution in [2.75, 3.05) is 32.8 Å². The topological polar surface area (TPSA) is 63.0 Å². The van der Waals surface area contributed by atoms with Gasteiger partial charge in [0.25, 0.3) is 5.91 Å². The third-order valence-electron chi connectivity index (χ3n) is 6.80. The summed E-state index contributed by atoms with van der Waals surface area (Å²) in [6.45, 7) is 5.19. The van der Waals surface area contributed by atoms with Crippen LogP contribution in [0.15, 0.2) is 28.7 Å². The average molecular weight is 396 g/mol. The molecule has 3 aliphatic rings. The molecule has 1 aliphatic carbocycles. The smallest absolute Gasteiger partial charge is 0.289 e. The van der Waals surface area contributed by atoms with Gasteiger partial charge in [-0.2, -0.15) is 0 Å². The molecule has 1 spiro atoms. The maximum absolute atomic E-state index is 13.2. The van der Waals surface area contributed by atoms with E-state index in [1.54, 1.807) is 0 Å².